The third-order valence-corrected chi connectivity index (χ3v) is 4.86. The maximum Gasteiger partial charge on any atom is 0.158 e. The van der Waals surface area contributed by atoms with E-state index in [0.717, 1.165) is 55.4 Å². The van der Waals surface area contributed by atoms with E-state index in [2.05, 4.69) is 43.0 Å². The van der Waals surface area contributed by atoms with Gasteiger partial charge in [-0.25, -0.2) is 19.9 Å². The average molecular weight is 334 g/mol. The zero-order valence-electron chi connectivity index (χ0n) is 14.4. The molecule has 0 radical (unpaired) electrons. The molecule has 0 bridgehead atoms. The summed E-state index contributed by atoms with van der Waals surface area (Å²) in [6, 6.07) is 8.18. The quantitative estimate of drug-likeness (QED) is 0.734. The van der Waals surface area contributed by atoms with Gasteiger partial charge in [0.1, 0.15) is 17.8 Å². The van der Waals surface area contributed by atoms with Crippen LogP contribution in [-0.4, -0.2) is 37.6 Å². The first kappa shape index (κ1) is 15.7. The Morgan fingerprint density at radius 3 is 2.64 bits per heavy atom. The molecule has 0 spiro atoms. The Labute approximate surface area is 147 Å². The summed E-state index contributed by atoms with van der Waals surface area (Å²) >= 11 is 0. The van der Waals surface area contributed by atoms with Crippen LogP contribution in [0.5, 0.6) is 0 Å². The Hall–Kier alpha value is -2.76. The summed E-state index contributed by atoms with van der Waals surface area (Å²) in [5, 5.41) is 0. The molecular formula is C19H22N6. The van der Waals surface area contributed by atoms with Crippen LogP contribution in [0.3, 0.4) is 0 Å². The van der Waals surface area contributed by atoms with Gasteiger partial charge in [0.05, 0.1) is 0 Å². The molecule has 0 unspecified atom stereocenters. The lowest BCUT2D eigenvalue weighted by Gasteiger charge is -2.32. The van der Waals surface area contributed by atoms with Gasteiger partial charge in [-0.1, -0.05) is 6.07 Å². The van der Waals surface area contributed by atoms with E-state index in [0.29, 0.717) is 5.92 Å². The molecule has 0 atom stereocenters. The van der Waals surface area contributed by atoms with Gasteiger partial charge in [0.25, 0.3) is 0 Å². The van der Waals surface area contributed by atoms with Crippen molar-refractivity contribution in [3.05, 3.63) is 54.9 Å². The van der Waals surface area contributed by atoms with Gasteiger partial charge in [0.15, 0.2) is 5.82 Å². The van der Waals surface area contributed by atoms with Gasteiger partial charge >= 0.3 is 0 Å². The van der Waals surface area contributed by atoms with Crippen molar-refractivity contribution < 1.29 is 0 Å². The molecule has 4 rings (SSSR count). The van der Waals surface area contributed by atoms with Crippen LogP contribution in [0.4, 0.5) is 5.82 Å². The smallest absolute Gasteiger partial charge is 0.158 e. The molecule has 6 heteroatoms. The normalized spacial score (nSPS) is 15.5. The van der Waals surface area contributed by atoms with Crippen LogP contribution in [0.25, 0.3) is 11.5 Å². The Bertz CT molecular complexity index is 821. The highest BCUT2D eigenvalue weighted by molar-refractivity contribution is 5.49. The minimum atomic E-state index is 0.657. The number of rotatable bonds is 4. The SMILES string of the molecule is Cn1ccnc1-c1cc(CC2CCN(c3ccccn3)CC2)ncn1. The minimum absolute atomic E-state index is 0.657. The zero-order valence-corrected chi connectivity index (χ0v) is 14.4. The molecule has 4 heterocycles. The van der Waals surface area contributed by atoms with Crippen molar-refractivity contribution in [2.24, 2.45) is 13.0 Å². The monoisotopic (exact) mass is 334 g/mol. The highest BCUT2D eigenvalue weighted by Gasteiger charge is 2.21. The van der Waals surface area contributed by atoms with Gasteiger partial charge in [0, 0.05) is 44.4 Å². The Balaban J connectivity index is 1.40. The number of aromatic nitrogens is 5. The number of imidazole rings is 1. The molecule has 1 aliphatic rings. The second kappa shape index (κ2) is 7.01. The molecule has 0 saturated carbocycles. The van der Waals surface area contributed by atoms with Gasteiger partial charge < -0.3 is 9.47 Å². The maximum atomic E-state index is 4.48. The van der Waals surface area contributed by atoms with Gasteiger partial charge in [-0.2, -0.15) is 0 Å². The third-order valence-electron chi connectivity index (χ3n) is 4.86. The molecule has 0 aliphatic carbocycles. The van der Waals surface area contributed by atoms with Crippen molar-refractivity contribution in [1.82, 2.24) is 24.5 Å². The van der Waals surface area contributed by atoms with Crippen molar-refractivity contribution >= 4 is 5.82 Å². The van der Waals surface area contributed by atoms with Gasteiger partial charge in [-0.05, 0) is 43.4 Å². The van der Waals surface area contributed by atoms with Crippen LogP contribution in [0.15, 0.2) is 49.2 Å². The fourth-order valence-corrected chi connectivity index (χ4v) is 3.45. The van der Waals surface area contributed by atoms with Crippen LogP contribution >= 0.6 is 0 Å². The van der Waals surface area contributed by atoms with E-state index in [1.165, 1.54) is 0 Å². The summed E-state index contributed by atoms with van der Waals surface area (Å²) < 4.78 is 1.98. The summed E-state index contributed by atoms with van der Waals surface area (Å²) in [5.74, 6) is 2.62. The van der Waals surface area contributed by atoms with E-state index in [4.69, 9.17) is 0 Å². The Morgan fingerprint density at radius 2 is 1.92 bits per heavy atom. The van der Waals surface area contributed by atoms with E-state index in [-0.39, 0.29) is 0 Å². The van der Waals surface area contributed by atoms with Crippen molar-refractivity contribution in [3.63, 3.8) is 0 Å². The molecule has 25 heavy (non-hydrogen) atoms. The van der Waals surface area contributed by atoms with Crippen LogP contribution in [0, 0.1) is 5.92 Å². The van der Waals surface area contributed by atoms with Gasteiger partial charge in [-0.15, -0.1) is 0 Å². The van der Waals surface area contributed by atoms with E-state index in [1.807, 2.05) is 30.1 Å². The summed E-state index contributed by atoms with van der Waals surface area (Å²) in [4.78, 5) is 20.1. The highest BCUT2D eigenvalue weighted by Crippen LogP contribution is 2.25. The third kappa shape index (κ3) is 3.52. The molecule has 6 nitrogen and oxygen atoms in total. The molecule has 3 aromatic heterocycles. The largest absolute Gasteiger partial charge is 0.357 e. The fraction of sp³-hybridized carbons (Fsp3) is 0.368. The van der Waals surface area contributed by atoms with Gasteiger partial charge in [0.2, 0.25) is 0 Å². The number of nitrogens with zero attached hydrogens (tertiary/aromatic N) is 6. The molecule has 0 amide bonds. The second-order valence-electron chi connectivity index (χ2n) is 6.58. The van der Waals surface area contributed by atoms with E-state index in [1.54, 1.807) is 12.5 Å². The summed E-state index contributed by atoms with van der Waals surface area (Å²) in [6.07, 6.45) is 10.6. The molecule has 1 aliphatic heterocycles. The Morgan fingerprint density at radius 1 is 1.04 bits per heavy atom. The van der Waals surface area contributed by atoms with E-state index >= 15 is 0 Å². The number of piperidine rings is 1. The fourth-order valence-electron chi connectivity index (χ4n) is 3.45. The second-order valence-corrected chi connectivity index (χ2v) is 6.58. The number of hydrogen-bond donors (Lipinski definition) is 0. The van der Waals surface area contributed by atoms with Crippen LogP contribution in [0.1, 0.15) is 18.5 Å². The molecule has 128 valence electrons. The van der Waals surface area contributed by atoms with Crippen molar-refractivity contribution in [2.45, 2.75) is 19.3 Å². The zero-order chi connectivity index (χ0) is 17.1. The van der Waals surface area contributed by atoms with Gasteiger partial charge in [-0.3, -0.25) is 0 Å². The summed E-state index contributed by atoms with van der Waals surface area (Å²) in [6.45, 7) is 2.11. The molecule has 1 fully saturated rings. The minimum Gasteiger partial charge on any atom is -0.357 e. The number of pyridine rings is 1. The molecule has 0 aromatic carbocycles. The van der Waals surface area contributed by atoms with Crippen molar-refractivity contribution in [2.75, 3.05) is 18.0 Å². The number of aryl methyl sites for hydroxylation is 1. The average Bonchev–Trinajstić information content (AvgIpc) is 3.09. The number of anilines is 1. The lowest BCUT2D eigenvalue weighted by atomic mass is 9.92. The van der Waals surface area contributed by atoms with Crippen molar-refractivity contribution in [1.29, 1.82) is 0 Å². The number of hydrogen-bond acceptors (Lipinski definition) is 5. The highest BCUT2D eigenvalue weighted by atomic mass is 15.2. The first-order chi connectivity index (χ1) is 12.3. The molecule has 0 N–H and O–H groups in total. The molecular weight excluding hydrogens is 312 g/mol. The summed E-state index contributed by atoms with van der Waals surface area (Å²) in [7, 11) is 1.98. The lowest BCUT2D eigenvalue weighted by molar-refractivity contribution is 0.399. The van der Waals surface area contributed by atoms with Crippen molar-refractivity contribution in [3.8, 4) is 11.5 Å². The molecule has 1 saturated heterocycles. The summed E-state index contributed by atoms with van der Waals surface area (Å²) in [5.41, 5.74) is 1.99. The first-order valence-electron chi connectivity index (χ1n) is 8.74. The lowest BCUT2D eigenvalue weighted by Crippen LogP contribution is -2.34. The van der Waals surface area contributed by atoms with E-state index in [9.17, 15) is 0 Å². The molecule has 3 aromatic rings. The van der Waals surface area contributed by atoms with Crippen LogP contribution in [0.2, 0.25) is 0 Å². The van der Waals surface area contributed by atoms with Crippen LogP contribution < -0.4 is 4.90 Å². The first-order valence-corrected chi connectivity index (χ1v) is 8.74. The predicted octanol–water partition coefficient (Wildman–Crippen LogP) is 2.73. The van der Waals surface area contributed by atoms with Crippen LogP contribution in [-0.2, 0) is 13.5 Å². The maximum absolute atomic E-state index is 4.48. The van der Waals surface area contributed by atoms with E-state index < -0.39 is 0 Å². The Kier molecular flexibility index (Phi) is 4.41. The predicted molar refractivity (Wildman–Crippen MR) is 97.1 cm³/mol. The standard InChI is InChI=1S/C19H22N6/c1-24-11-8-21-19(24)17-13-16(22-14-23-17)12-15-5-9-25(10-6-15)18-4-2-3-7-20-18/h2-4,7-8,11,13-15H,5-6,9-10,12H2,1H3. The topological polar surface area (TPSA) is 59.7 Å².